The minimum absolute atomic E-state index is 0.174. The molecule has 4 nitrogen and oxygen atoms in total. The van der Waals surface area contributed by atoms with Crippen LogP contribution in [0.3, 0.4) is 0 Å². The van der Waals surface area contributed by atoms with Crippen LogP contribution in [0.5, 0.6) is 0 Å². The summed E-state index contributed by atoms with van der Waals surface area (Å²) >= 11 is 0. The lowest BCUT2D eigenvalue weighted by Gasteiger charge is -2.37. The Bertz CT molecular complexity index is 454. The van der Waals surface area contributed by atoms with Gasteiger partial charge in [-0.2, -0.15) is 0 Å². The van der Waals surface area contributed by atoms with E-state index in [4.69, 9.17) is 5.73 Å². The molecule has 1 aromatic carbocycles. The van der Waals surface area contributed by atoms with Crippen LogP contribution in [0, 0.1) is 5.92 Å². The van der Waals surface area contributed by atoms with Crippen LogP contribution in [0.1, 0.15) is 19.3 Å². The molecule has 0 spiro atoms. The molecule has 1 saturated heterocycles. The molecule has 1 heterocycles. The predicted molar refractivity (Wildman–Crippen MR) is 80.6 cm³/mol. The maximum absolute atomic E-state index is 12.4. The fourth-order valence-corrected chi connectivity index (χ4v) is 3.32. The molecular weight excluding hydrogens is 250 g/mol. The van der Waals surface area contributed by atoms with Crippen LogP contribution in [0.25, 0.3) is 0 Å². The molecule has 1 saturated carbocycles. The summed E-state index contributed by atoms with van der Waals surface area (Å²) in [6.07, 6.45) is 2.84. The number of nitrogens with two attached hydrogens (primary N) is 1. The molecule has 2 fully saturated rings. The maximum atomic E-state index is 12.4. The highest BCUT2D eigenvalue weighted by molar-refractivity contribution is 5.79. The third-order valence-corrected chi connectivity index (χ3v) is 4.54. The first-order valence-electron chi connectivity index (χ1n) is 7.58. The van der Waals surface area contributed by atoms with Crippen LogP contribution in [-0.4, -0.2) is 43.0 Å². The van der Waals surface area contributed by atoms with E-state index in [-0.39, 0.29) is 12.0 Å². The van der Waals surface area contributed by atoms with Gasteiger partial charge in [0, 0.05) is 43.8 Å². The normalized spacial score (nSPS) is 26.9. The second kappa shape index (κ2) is 5.83. The van der Waals surface area contributed by atoms with Gasteiger partial charge in [-0.1, -0.05) is 18.2 Å². The van der Waals surface area contributed by atoms with Crippen molar-refractivity contribution >= 4 is 11.6 Å². The average molecular weight is 273 g/mol. The third-order valence-electron chi connectivity index (χ3n) is 4.54. The first-order chi connectivity index (χ1) is 9.74. The van der Waals surface area contributed by atoms with Crippen molar-refractivity contribution in [1.82, 2.24) is 4.90 Å². The fourth-order valence-electron chi connectivity index (χ4n) is 3.32. The molecule has 2 atom stereocenters. The Morgan fingerprint density at radius 1 is 1.05 bits per heavy atom. The minimum atomic E-state index is 0.174. The van der Waals surface area contributed by atoms with Gasteiger partial charge >= 0.3 is 0 Å². The van der Waals surface area contributed by atoms with E-state index in [1.807, 2.05) is 11.0 Å². The molecule has 108 valence electrons. The van der Waals surface area contributed by atoms with Crippen LogP contribution in [0.2, 0.25) is 0 Å². The molecule has 2 N–H and O–H groups in total. The number of carbonyl (C=O) groups is 1. The molecule has 0 unspecified atom stereocenters. The lowest BCUT2D eigenvalue weighted by Crippen LogP contribution is -2.50. The highest BCUT2D eigenvalue weighted by Gasteiger charge is 2.32. The van der Waals surface area contributed by atoms with E-state index in [1.165, 1.54) is 5.69 Å². The first kappa shape index (κ1) is 13.4. The van der Waals surface area contributed by atoms with Crippen LogP contribution in [-0.2, 0) is 4.79 Å². The minimum Gasteiger partial charge on any atom is -0.368 e. The van der Waals surface area contributed by atoms with E-state index in [0.717, 1.165) is 45.4 Å². The zero-order chi connectivity index (χ0) is 13.9. The van der Waals surface area contributed by atoms with Crippen molar-refractivity contribution in [3.8, 4) is 0 Å². The summed E-state index contributed by atoms with van der Waals surface area (Å²) < 4.78 is 0. The number of hydrogen-bond donors (Lipinski definition) is 1. The van der Waals surface area contributed by atoms with E-state index in [1.54, 1.807) is 0 Å². The Morgan fingerprint density at radius 3 is 2.35 bits per heavy atom. The average Bonchev–Trinajstić information content (AvgIpc) is 2.94. The number of nitrogens with zero attached hydrogens (tertiary/aromatic N) is 2. The van der Waals surface area contributed by atoms with Gasteiger partial charge in [-0.05, 0) is 31.4 Å². The van der Waals surface area contributed by atoms with Gasteiger partial charge < -0.3 is 15.5 Å². The van der Waals surface area contributed by atoms with E-state index >= 15 is 0 Å². The fraction of sp³-hybridized carbons (Fsp3) is 0.562. The number of carbonyl (C=O) groups excluding carboxylic acids is 1. The zero-order valence-corrected chi connectivity index (χ0v) is 11.9. The molecule has 1 amide bonds. The van der Waals surface area contributed by atoms with Gasteiger partial charge in [0.25, 0.3) is 0 Å². The van der Waals surface area contributed by atoms with Crippen molar-refractivity contribution < 1.29 is 4.79 Å². The standard InChI is InChI=1S/C16H23N3O/c17-14-7-6-13(12-14)16(20)19-10-8-18(9-11-19)15-4-2-1-3-5-15/h1-5,13-14H,6-12,17H2/t13-,14-/m0/s1. The number of hydrogen-bond acceptors (Lipinski definition) is 3. The van der Waals surface area contributed by atoms with Crippen LogP contribution in [0.4, 0.5) is 5.69 Å². The molecule has 2 aliphatic rings. The summed E-state index contributed by atoms with van der Waals surface area (Å²) in [5.74, 6) is 0.499. The lowest BCUT2D eigenvalue weighted by molar-refractivity contribution is -0.135. The lowest BCUT2D eigenvalue weighted by atomic mass is 10.1. The van der Waals surface area contributed by atoms with E-state index < -0.39 is 0 Å². The Morgan fingerprint density at radius 2 is 1.75 bits per heavy atom. The summed E-state index contributed by atoms with van der Waals surface area (Å²) in [6, 6.07) is 10.7. The van der Waals surface area contributed by atoms with Gasteiger partial charge in [0.1, 0.15) is 0 Å². The van der Waals surface area contributed by atoms with Crippen LogP contribution >= 0.6 is 0 Å². The van der Waals surface area contributed by atoms with Gasteiger partial charge in [0.15, 0.2) is 0 Å². The second-order valence-electron chi connectivity index (χ2n) is 5.92. The van der Waals surface area contributed by atoms with Crippen LogP contribution < -0.4 is 10.6 Å². The highest BCUT2D eigenvalue weighted by atomic mass is 16.2. The summed E-state index contributed by atoms with van der Waals surface area (Å²) in [5, 5.41) is 0. The van der Waals surface area contributed by atoms with Crippen molar-refractivity contribution in [3.63, 3.8) is 0 Å². The zero-order valence-electron chi connectivity index (χ0n) is 11.9. The topological polar surface area (TPSA) is 49.6 Å². The maximum Gasteiger partial charge on any atom is 0.225 e. The summed E-state index contributed by atoms with van der Waals surface area (Å²) in [4.78, 5) is 16.8. The smallest absolute Gasteiger partial charge is 0.225 e. The Kier molecular flexibility index (Phi) is 3.92. The Hall–Kier alpha value is -1.55. The molecule has 1 aliphatic carbocycles. The van der Waals surface area contributed by atoms with E-state index in [9.17, 15) is 4.79 Å². The van der Waals surface area contributed by atoms with Gasteiger partial charge in [-0.15, -0.1) is 0 Å². The number of benzene rings is 1. The first-order valence-corrected chi connectivity index (χ1v) is 7.58. The van der Waals surface area contributed by atoms with Gasteiger partial charge in [-0.3, -0.25) is 4.79 Å². The second-order valence-corrected chi connectivity index (χ2v) is 5.92. The number of rotatable bonds is 2. The molecule has 20 heavy (non-hydrogen) atoms. The van der Waals surface area contributed by atoms with Crippen molar-refractivity contribution in [2.45, 2.75) is 25.3 Å². The van der Waals surface area contributed by atoms with Gasteiger partial charge in [-0.25, -0.2) is 0 Å². The van der Waals surface area contributed by atoms with Crippen LogP contribution in [0.15, 0.2) is 30.3 Å². The quantitative estimate of drug-likeness (QED) is 0.887. The summed E-state index contributed by atoms with van der Waals surface area (Å²) in [6.45, 7) is 3.52. The molecule has 3 rings (SSSR count). The molecule has 0 radical (unpaired) electrons. The molecule has 0 aromatic heterocycles. The summed E-state index contributed by atoms with van der Waals surface area (Å²) in [5.41, 5.74) is 7.16. The highest BCUT2D eigenvalue weighted by Crippen LogP contribution is 2.26. The van der Waals surface area contributed by atoms with E-state index in [0.29, 0.717) is 5.91 Å². The monoisotopic (exact) mass is 273 g/mol. The largest absolute Gasteiger partial charge is 0.368 e. The van der Waals surface area contributed by atoms with E-state index in [2.05, 4.69) is 29.2 Å². The van der Waals surface area contributed by atoms with Crippen molar-refractivity contribution in [2.75, 3.05) is 31.1 Å². The molecule has 0 bridgehead atoms. The SMILES string of the molecule is N[C@H]1CC[C@H](C(=O)N2CCN(c3ccccc3)CC2)C1. The van der Waals surface area contributed by atoms with Gasteiger partial charge in [0.2, 0.25) is 5.91 Å². The van der Waals surface area contributed by atoms with Crippen molar-refractivity contribution in [2.24, 2.45) is 11.7 Å². The molecular formula is C16H23N3O. The molecule has 4 heteroatoms. The number of amides is 1. The third kappa shape index (κ3) is 2.80. The number of para-hydroxylation sites is 1. The molecule has 1 aromatic rings. The Balaban J connectivity index is 1.55. The summed E-state index contributed by atoms with van der Waals surface area (Å²) in [7, 11) is 0. The van der Waals surface area contributed by atoms with Crippen molar-refractivity contribution in [1.29, 1.82) is 0 Å². The number of anilines is 1. The van der Waals surface area contributed by atoms with Crippen molar-refractivity contribution in [3.05, 3.63) is 30.3 Å². The number of piperazine rings is 1. The Labute approximate surface area is 120 Å². The predicted octanol–water partition coefficient (Wildman–Crippen LogP) is 1.46. The van der Waals surface area contributed by atoms with Gasteiger partial charge in [0.05, 0.1) is 0 Å². The molecule has 1 aliphatic heterocycles.